The first kappa shape index (κ1) is 12.4. The molecule has 1 N–H and O–H groups in total. The number of pyridine rings is 1. The summed E-state index contributed by atoms with van der Waals surface area (Å²) in [7, 11) is 0. The molecule has 1 saturated heterocycles. The molecule has 1 aliphatic heterocycles. The normalized spacial score (nSPS) is 19.3. The summed E-state index contributed by atoms with van der Waals surface area (Å²) in [6, 6.07) is 3.95. The number of hydrogen-bond donors (Lipinski definition) is 1. The van der Waals surface area contributed by atoms with Crippen molar-refractivity contribution in [1.82, 2.24) is 10.3 Å². The van der Waals surface area contributed by atoms with Crippen LogP contribution in [0.5, 0.6) is 0 Å². The fraction of sp³-hybridized carbons (Fsp3) is 0.571. The Labute approximate surface area is 113 Å². The van der Waals surface area contributed by atoms with E-state index in [1.807, 2.05) is 12.1 Å². The highest BCUT2D eigenvalue weighted by Crippen LogP contribution is 2.29. The van der Waals surface area contributed by atoms with Crippen LogP contribution in [0.2, 0.25) is 0 Å². The molecule has 2 heterocycles. The van der Waals surface area contributed by atoms with Gasteiger partial charge in [-0.25, -0.2) is 4.98 Å². The molecule has 5 nitrogen and oxygen atoms in total. The van der Waals surface area contributed by atoms with E-state index in [2.05, 4.69) is 15.2 Å². The summed E-state index contributed by atoms with van der Waals surface area (Å²) in [5.41, 5.74) is 1.08. The molecule has 1 saturated carbocycles. The van der Waals surface area contributed by atoms with Gasteiger partial charge in [0.15, 0.2) is 0 Å². The van der Waals surface area contributed by atoms with E-state index < -0.39 is 0 Å². The van der Waals surface area contributed by atoms with Crippen LogP contribution in [0.4, 0.5) is 5.82 Å². The minimum Gasteiger partial charge on any atom is -0.378 e. The standard InChI is InChI=1S/C14H19N3O2/c18-14(11-3-4-11)16-10-12-2-1-5-15-13(12)17-6-8-19-9-7-17/h1-2,5,11H,3-4,6-10H2,(H,16,18). The molecule has 2 aliphatic rings. The summed E-state index contributed by atoms with van der Waals surface area (Å²) < 4.78 is 5.36. The lowest BCUT2D eigenvalue weighted by Gasteiger charge is -2.29. The minimum atomic E-state index is 0.178. The average molecular weight is 261 g/mol. The molecule has 102 valence electrons. The van der Waals surface area contributed by atoms with Gasteiger partial charge in [0, 0.05) is 37.3 Å². The Morgan fingerprint density at radius 3 is 2.95 bits per heavy atom. The van der Waals surface area contributed by atoms with Crippen molar-refractivity contribution in [2.75, 3.05) is 31.2 Å². The van der Waals surface area contributed by atoms with E-state index >= 15 is 0 Å². The zero-order chi connectivity index (χ0) is 13.1. The van der Waals surface area contributed by atoms with E-state index in [1.54, 1.807) is 6.20 Å². The summed E-state index contributed by atoms with van der Waals surface area (Å²) in [5.74, 6) is 1.40. The van der Waals surface area contributed by atoms with Crippen molar-refractivity contribution < 1.29 is 9.53 Å². The third kappa shape index (κ3) is 3.04. The molecular formula is C14H19N3O2. The molecule has 0 atom stereocenters. The van der Waals surface area contributed by atoms with Crippen molar-refractivity contribution in [3.8, 4) is 0 Å². The Bertz CT molecular complexity index is 454. The summed E-state index contributed by atoms with van der Waals surface area (Å²) in [6.07, 6.45) is 3.88. The molecule has 5 heteroatoms. The first-order valence-corrected chi connectivity index (χ1v) is 6.89. The first-order valence-electron chi connectivity index (χ1n) is 6.89. The van der Waals surface area contributed by atoms with Crippen molar-refractivity contribution in [3.05, 3.63) is 23.9 Å². The maximum absolute atomic E-state index is 11.7. The predicted molar refractivity (Wildman–Crippen MR) is 71.8 cm³/mol. The van der Waals surface area contributed by atoms with Crippen LogP contribution < -0.4 is 10.2 Å². The molecule has 0 spiro atoms. The van der Waals surface area contributed by atoms with E-state index in [4.69, 9.17) is 4.74 Å². The maximum Gasteiger partial charge on any atom is 0.223 e. The third-order valence-corrected chi connectivity index (χ3v) is 3.58. The summed E-state index contributed by atoms with van der Waals surface area (Å²) in [5, 5.41) is 3.00. The van der Waals surface area contributed by atoms with Gasteiger partial charge in [-0.05, 0) is 18.9 Å². The van der Waals surface area contributed by atoms with Gasteiger partial charge in [0.05, 0.1) is 13.2 Å². The Morgan fingerprint density at radius 2 is 2.21 bits per heavy atom. The molecule has 19 heavy (non-hydrogen) atoms. The van der Waals surface area contributed by atoms with Crippen molar-refractivity contribution >= 4 is 11.7 Å². The van der Waals surface area contributed by atoms with Gasteiger partial charge in [-0.15, -0.1) is 0 Å². The van der Waals surface area contributed by atoms with Gasteiger partial charge in [-0.1, -0.05) is 6.07 Å². The van der Waals surface area contributed by atoms with Crippen LogP contribution in [0, 0.1) is 5.92 Å². The van der Waals surface area contributed by atoms with E-state index in [9.17, 15) is 4.79 Å². The van der Waals surface area contributed by atoms with Gasteiger partial charge in [0.25, 0.3) is 0 Å². The third-order valence-electron chi connectivity index (χ3n) is 3.58. The second-order valence-corrected chi connectivity index (χ2v) is 5.08. The second kappa shape index (κ2) is 5.57. The smallest absolute Gasteiger partial charge is 0.223 e. The van der Waals surface area contributed by atoms with Crippen LogP contribution in [-0.2, 0) is 16.1 Å². The van der Waals surface area contributed by atoms with Gasteiger partial charge >= 0.3 is 0 Å². The van der Waals surface area contributed by atoms with E-state index in [1.165, 1.54) is 0 Å². The number of carbonyl (C=O) groups is 1. The topological polar surface area (TPSA) is 54.5 Å². The fourth-order valence-electron chi connectivity index (χ4n) is 2.30. The highest BCUT2D eigenvalue weighted by Gasteiger charge is 2.29. The Morgan fingerprint density at radius 1 is 1.42 bits per heavy atom. The number of nitrogens with one attached hydrogen (secondary N) is 1. The summed E-state index contributed by atoms with van der Waals surface area (Å²) in [6.45, 7) is 3.77. The molecule has 3 rings (SSSR count). The Balaban J connectivity index is 1.67. The Kier molecular flexibility index (Phi) is 3.64. The lowest BCUT2D eigenvalue weighted by Crippen LogP contribution is -2.38. The number of morpholine rings is 1. The zero-order valence-corrected chi connectivity index (χ0v) is 11.0. The molecule has 0 unspecified atom stereocenters. The molecule has 2 fully saturated rings. The number of anilines is 1. The molecular weight excluding hydrogens is 242 g/mol. The monoisotopic (exact) mass is 261 g/mol. The largest absolute Gasteiger partial charge is 0.378 e. The van der Waals surface area contributed by atoms with Gasteiger partial charge in [0.1, 0.15) is 5.82 Å². The van der Waals surface area contributed by atoms with E-state index in [0.717, 1.165) is 50.5 Å². The van der Waals surface area contributed by atoms with Gasteiger partial charge in [-0.3, -0.25) is 4.79 Å². The van der Waals surface area contributed by atoms with Crippen LogP contribution in [0.3, 0.4) is 0 Å². The maximum atomic E-state index is 11.7. The molecule has 1 amide bonds. The number of aromatic nitrogens is 1. The van der Waals surface area contributed by atoms with Gasteiger partial charge in [-0.2, -0.15) is 0 Å². The number of ether oxygens (including phenoxy) is 1. The van der Waals surface area contributed by atoms with Gasteiger partial charge < -0.3 is 15.0 Å². The number of amides is 1. The number of nitrogens with zero attached hydrogens (tertiary/aromatic N) is 2. The Hall–Kier alpha value is -1.62. The van der Waals surface area contributed by atoms with Crippen molar-refractivity contribution in [2.45, 2.75) is 19.4 Å². The quantitative estimate of drug-likeness (QED) is 0.876. The van der Waals surface area contributed by atoms with Gasteiger partial charge in [0.2, 0.25) is 5.91 Å². The lowest BCUT2D eigenvalue weighted by molar-refractivity contribution is -0.122. The van der Waals surface area contributed by atoms with Crippen molar-refractivity contribution in [1.29, 1.82) is 0 Å². The SMILES string of the molecule is O=C(NCc1cccnc1N1CCOCC1)C1CC1. The number of hydrogen-bond acceptors (Lipinski definition) is 4. The lowest BCUT2D eigenvalue weighted by atomic mass is 10.2. The fourth-order valence-corrected chi connectivity index (χ4v) is 2.30. The number of rotatable bonds is 4. The van der Waals surface area contributed by atoms with Crippen molar-refractivity contribution in [2.24, 2.45) is 5.92 Å². The van der Waals surface area contributed by atoms with E-state index in [-0.39, 0.29) is 11.8 Å². The minimum absolute atomic E-state index is 0.178. The van der Waals surface area contributed by atoms with Crippen LogP contribution in [0.1, 0.15) is 18.4 Å². The highest BCUT2D eigenvalue weighted by molar-refractivity contribution is 5.80. The van der Waals surface area contributed by atoms with E-state index in [0.29, 0.717) is 6.54 Å². The number of carbonyl (C=O) groups excluding carboxylic acids is 1. The predicted octanol–water partition coefficient (Wildman–Crippen LogP) is 0.944. The van der Waals surface area contributed by atoms with Crippen molar-refractivity contribution in [3.63, 3.8) is 0 Å². The molecule has 0 aromatic carbocycles. The summed E-state index contributed by atoms with van der Waals surface area (Å²) in [4.78, 5) is 18.4. The summed E-state index contributed by atoms with van der Waals surface area (Å²) >= 11 is 0. The van der Waals surface area contributed by atoms with Crippen LogP contribution >= 0.6 is 0 Å². The van der Waals surface area contributed by atoms with Crippen LogP contribution in [0.25, 0.3) is 0 Å². The zero-order valence-electron chi connectivity index (χ0n) is 11.0. The highest BCUT2D eigenvalue weighted by atomic mass is 16.5. The first-order chi connectivity index (χ1) is 9.34. The molecule has 0 radical (unpaired) electrons. The second-order valence-electron chi connectivity index (χ2n) is 5.08. The molecule has 1 aromatic rings. The van der Waals surface area contributed by atoms with Crippen LogP contribution in [-0.4, -0.2) is 37.2 Å². The molecule has 0 bridgehead atoms. The van der Waals surface area contributed by atoms with Crippen LogP contribution in [0.15, 0.2) is 18.3 Å². The molecule has 1 aromatic heterocycles. The average Bonchev–Trinajstić information content (AvgIpc) is 3.31. The molecule has 1 aliphatic carbocycles.